The summed E-state index contributed by atoms with van der Waals surface area (Å²) in [4.78, 5) is 0. The Kier molecular flexibility index (Phi) is 1.87. The maximum atomic E-state index is 9.89. The average Bonchev–Trinajstić information content (AvgIpc) is 2.12. The van der Waals surface area contributed by atoms with Crippen LogP contribution in [-0.2, 0) is 6.42 Å². The van der Waals surface area contributed by atoms with Crippen molar-refractivity contribution in [2.75, 3.05) is 0 Å². The standard InChI is InChI=1S/C12H14O/c1-8-4-3-5-10-7-6-9(2)12(13)11(8)10/h3-5,13H,6-7H2,1-2H3. The zero-order valence-corrected chi connectivity index (χ0v) is 8.09. The second-order valence-electron chi connectivity index (χ2n) is 3.74. The van der Waals surface area contributed by atoms with E-state index in [1.807, 2.05) is 19.9 Å². The number of aliphatic hydroxyl groups is 1. The molecule has 0 fully saturated rings. The second-order valence-corrected chi connectivity index (χ2v) is 3.74. The van der Waals surface area contributed by atoms with Gasteiger partial charge in [0.2, 0.25) is 0 Å². The molecule has 1 aliphatic rings. The molecule has 0 atom stereocenters. The second kappa shape index (κ2) is 2.91. The summed E-state index contributed by atoms with van der Waals surface area (Å²) in [6.07, 6.45) is 2.05. The van der Waals surface area contributed by atoms with Gasteiger partial charge in [0.15, 0.2) is 0 Å². The summed E-state index contributed by atoms with van der Waals surface area (Å²) in [5.41, 5.74) is 4.63. The van der Waals surface area contributed by atoms with E-state index in [-0.39, 0.29) is 0 Å². The molecule has 0 saturated carbocycles. The van der Waals surface area contributed by atoms with Crippen LogP contribution in [0.1, 0.15) is 30.0 Å². The van der Waals surface area contributed by atoms with E-state index in [0.29, 0.717) is 5.76 Å². The molecule has 0 spiro atoms. The zero-order valence-electron chi connectivity index (χ0n) is 8.09. The molecule has 1 aliphatic carbocycles. The first kappa shape index (κ1) is 8.36. The minimum absolute atomic E-state index is 0.499. The molecular weight excluding hydrogens is 160 g/mol. The van der Waals surface area contributed by atoms with Crippen LogP contribution in [-0.4, -0.2) is 5.11 Å². The predicted octanol–water partition coefficient (Wildman–Crippen LogP) is 3.23. The van der Waals surface area contributed by atoms with Gasteiger partial charge in [0, 0.05) is 5.56 Å². The number of fused-ring (bicyclic) bond motifs is 1. The zero-order chi connectivity index (χ0) is 9.42. The molecule has 0 aliphatic heterocycles. The maximum absolute atomic E-state index is 9.89. The van der Waals surface area contributed by atoms with E-state index in [9.17, 15) is 5.11 Å². The van der Waals surface area contributed by atoms with Crippen LogP contribution in [0.25, 0.3) is 5.76 Å². The number of rotatable bonds is 0. The summed E-state index contributed by atoms with van der Waals surface area (Å²) < 4.78 is 0. The van der Waals surface area contributed by atoms with E-state index in [2.05, 4.69) is 12.1 Å². The van der Waals surface area contributed by atoms with E-state index < -0.39 is 0 Å². The Morgan fingerprint density at radius 3 is 2.69 bits per heavy atom. The van der Waals surface area contributed by atoms with Gasteiger partial charge in [0.1, 0.15) is 5.76 Å². The van der Waals surface area contributed by atoms with Gasteiger partial charge in [0.25, 0.3) is 0 Å². The van der Waals surface area contributed by atoms with Crippen LogP contribution in [0.5, 0.6) is 0 Å². The van der Waals surface area contributed by atoms with Gasteiger partial charge >= 0.3 is 0 Å². The van der Waals surface area contributed by atoms with Gasteiger partial charge in [-0.3, -0.25) is 0 Å². The minimum atomic E-state index is 0.499. The van der Waals surface area contributed by atoms with Crippen LogP contribution in [0.2, 0.25) is 0 Å². The SMILES string of the molecule is CC1=C(O)c2c(C)cccc2CC1. The van der Waals surface area contributed by atoms with Crippen LogP contribution < -0.4 is 0 Å². The largest absolute Gasteiger partial charge is 0.507 e. The molecule has 1 N–H and O–H groups in total. The quantitative estimate of drug-likeness (QED) is 0.640. The summed E-state index contributed by atoms with van der Waals surface area (Å²) >= 11 is 0. The number of aryl methyl sites for hydroxylation is 2. The lowest BCUT2D eigenvalue weighted by molar-refractivity contribution is 0.498. The highest BCUT2D eigenvalue weighted by molar-refractivity contribution is 5.69. The highest BCUT2D eigenvalue weighted by atomic mass is 16.3. The molecule has 1 aromatic rings. The smallest absolute Gasteiger partial charge is 0.122 e. The van der Waals surface area contributed by atoms with Crippen molar-refractivity contribution in [2.24, 2.45) is 0 Å². The fourth-order valence-electron chi connectivity index (χ4n) is 1.93. The lowest BCUT2D eigenvalue weighted by Gasteiger charge is -2.19. The van der Waals surface area contributed by atoms with Crippen molar-refractivity contribution in [3.05, 3.63) is 40.5 Å². The lowest BCUT2D eigenvalue weighted by Crippen LogP contribution is -2.04. The first-order valence-corrected chi connectivity index (χ1v) is 4.67. The molecule has 1 nitrogen and oxygen atoms in total. The van der Waals surface area contributed by atoms with Crippen molar-refractivity contribution in [1.29, 1.82) is 0 Å². The molecule has 0 bridgehead atoms. The van der Waals surface area contributed by atoms with Crippen molar-refractivity contribution in [2.45, 2.75) is 26.7 Å². The Morgan fingerprint density at radius 2 is 1.92 bits per heavy atom. The van der Waals surface area contributed by atoms with Crippen LogP contribution in [0, 0.1) is 6.92 Å². The Morgan fingerprint density at radius 1 is 1.15 bits per heavy atom. The van der Waals surface area contributed by atoms with E-state index in [4.69, 9.17) is 0 Å². The van der Waals surface area contributed by atoms with Gasteiger partial charge in [-0.1, -0.05) is 18.2 Å². The third-order valence-corrected chi connectivity index (χ3v) is 2.77. The van der Waals surface area contributed by atoms with Crippen LogP contribution >= 0.6 is 0 Å². The van der Waals surface area contributed by atoms with Crippen LogP contribution in [0.4, 0.5) is 0 Å². The Balaban J connectivity index is 2.67. The summed E-state index contributed by atoms with van der Waals surface area (Å²) in [6, 6.07) is 6.21. The third-order valence-electron chi connectivity index (χ3n) is 2.77. The molecule has 2 rings (SSSR count). The third kappa shape index (κ3) is 1.24. The Bertz CT molecular complexity index is 375. The fraction of sp³-hybridized carbons (Fsp3) is 0.333. The number of hydrogen-bond donors (Lipinski definition) is 1. The van der Waals surface area contributed by atoms with Gasteiger partial charge in [-0.15, -0.1) is 0 Å². The van der Waals surface area contributed by atoms with E-state index in [1.54, 1.807) is 0 Å². The van der Waals surface area contributed by atoms with Gasteiger partial charge in [-0.05, 0) is 43.4 Å². The van der Waals surface area contributed by atoms with E-state index >= 15 is 0 Å². The normalized spacial score (nSPS) is 15.8. The summed E-state index contributed by atoms with van der Waals surface area (Å²) in [7, 11) is 0. The molecule has 13 heavy (non-hydrogen) atoms. The van der Waals surface area contributed by atoms with Gasteiger partial charge in [-0.25, -0.2) is 0 Å². The van der Waals surface area contributed by atoms with Crippen LogP contribution in [0.3, 0.4) is 0 Å². The van der Waals surface area contributed by atoms with Crippen molar-refractivity contribution in [3.8, 4) is 0 Å². The van der Waals surface area contributed by atoms with Gasteiger partial charge < -0.3 is 5.11 Å². The first-order valence-electron chi connectivity index (χ1n) is 4.67. The topological polar surface area (TPSA) is 20.2 Å². The molecule has 0 aromatic heterocycles. The predicted molar refractivity (Wildman–Crippen MR) is 54.7 cm³/mol. The molecule has 68 valence electrons. The molecule has 0 unspecified atom stereocenters. The number of allylic oxidation sites excluding steroid dienone is 1. The monoisotopic (exact) mass is 174 g/mol. The van der Waals surface area contributed by atoms with E-state index in [1.165, 1.54) is 11.1 Å². The molecule has 1 aromatic carbocycles. The number of benzene rings is 1. The highest BCUT2D eigenvalue weighted by Crippen LogP contribution is 2.31. The summed E-state index contributed by atoms with van der Waals surface area (Å²) in [5, 5.41) is 9.89. The van der Waals surface area contributed by atoms with Crippen molar-refractivity contribution in [1.82, 2.24) is 0 Å². The van der Waals surface area contributed by atoms with Crippen molar-refractivity contribution in [3.63, 3.8) is 0 Å². The molecule has 0 radical (unpaired) electrons. The Labute approximate surface area is 78.7 Å². The number of aliphatic hydroxyl groups excluding tert-OH is 1. The fourth-order valence-corrected chi connectivity index (χ4v) is 1.93. The molecule has 1 heteroatoms. The minimum Gasteiger partial charge on any atom is -0.507 e. The van der Waals surface area contributed by atoms with Crippen molar-refractivity contribution >= 4 is 5.76 Å². The lowest BCUT2D eigenvalue weighted by atomic mass is 9.89. The van der Waals surface area contributed by atoms with Crippen molar-refractivity contribution < 1.29 is 5.11 Å². The average molecular weight is 174 g/mol. The van der Waals surface area contributed by atoms with Gasteiger partial charge in [0.05, 0.1) is 0 Å². The van der Waals surface area contributed by atoms with Gasteiger partial charge in [-0.2, -0.15) is 0 Å². The molecule has 0 saturated heterocycles. The first-order chi connectivity index (χ1) is 6.20. The highest BCUT2D eigenvalue weighted by Gasteiger charge is 2.16. The summed E-state index contributed by atoms with van der Waals surface area (Å²) in [5.74, 6) is 0.499. The molecule has 0 heterocycles. The molecular formula is C12H14O. The number of hydrogen-bond acceptors (Lipinski definition) is 1. The molecule has 0 amide bonds. The van der Waals surface area contributed by atoms with E-state index in [0.717, 1.165) is 24.0 Å². The summed E-state index contributed by atoms with van der Waals surface area (Å²) in [6.45, 7) is 4.05. The Hall–Kier alpha value is -1.24. The maximum Gasteiger partial charge on any atom is 0.122 e. The van der Waals surface area contributed by atoms with Crippen LogP contribution in [0.15, 0.2) is 23.8 Å².